The average Bonchev–Trinajstić information content (AvgIpc) is 3.07. The standard InChI is InChI=1S/C17H16ClN3O3/c18-13-3-6-15(20-9-13)24-14-4-1-11(2-5-14)17(23)21-8-7-12(10-21)16(19)22/h1-6,9,12H,7-8,10H2,(H2,19,22)/t12-/m0/s1. The van der Waals surface area contributed by atoms with E-state index in [0.717, 1.165) is 0 Å². The number of benzene rings is 1. The number of amides is 2. The van der Waals surface area contributed by atoms with E-state index < -0.39 is 0 Å². The van der Waals surface area contributed by atoms with Gasteiger partial charge in [0.2, 0.25) is 11.8 Å². The van der Waals surface area contributed by atoms with E-state index in [1.807, 2.05) is 0 Å². The summed E-state index contributed by atoms with van der Waals surface area (Å²) in [6.45, 7) is 0.917. The third-order valence-electron chi connectivity index (χ3n) is 3.90. The van der Waals surface area contributed by atoms with Gasteiger partial charge in [0.1, 0.15) is 5.75 Å². The Morgan fingerprint density at radius 2 is 1.96 bits per heavy atom. The minimum atomic E-state index is -0.357. The lowest BCUT2D eigenvalue weighted by Crippen LogP contribution is -2.31. The Balaban J connectivity index is 1.65. The van der Waals surface area contributed by atoms with Crippen molar-refractivity contribution in [3.05, 3.63) is 53.2 Å². The summed E-state index contributed by atoms with van der Waals surface area (Å²) >= 11 is 5.77. The van der Waals surface area contributed by atoms with Crippen molar-refractivity contribution in [1.29, 1.82) is 0 Å². The van der Waals surface area contributed by atoms with E-state index in [1.165, 1.54) is 6.20 Å². The molecule has 1 saturated heterocycles. The molecule has 1 fully saturated rings. The molecule has 0 radical (unpaired) electrons. The first-order valence-corrected chi connectivity index (χ1v) is 7.89. The molecule has 124 valence electrons. The molecule has 1 aromatic carbocycles. The molecular weight excluding hydrogens is 330 g/mol. The summed E-state index contributed by atoms with van der Waals surface area (Å²) in [6.07, 6.45) is 2.11. The maximum absolute atomic E-state index is 12.4. The van der Waals surface area contributed by atoms with Gasteiger partial charge in [-0.25, -0.2) is 4.98 Å². The molecular formula is C17H16ClN3O3. The van der Waals surface area contributed by atoms with Gasteiger partial charge in [-0.3, -0.25) is 9.59 Å². The maximum Gasteiger partial charge on any atom is 0.253 e. The molecule has 3 rings (SSSR count). The number of primary amides is 1. The van der Waals surface area contributed by atoms with Crippen LogP contribution in [0.1, 0.15) is 16.8 Å². The van der Waals surface area contributed by atoms with Crippen LogP contribution in [-0.2, 0) is 4.79 Å². The molecule has 0 bridgehead atoms. The number of likely N-dealkylation sites (tertiary alicyclic amines) is 1. The van der Waals surface area contributed by atoms with Crippen molar-refractivity contribution in [3.63, 3.8) is 0 Å². The summed E-state index contributed by atoms with van der Waals surface area (Å²) in [5.41, 5.74) is 5.83. The Hall–Kier alpha value is -2.60. The highest BCUT2D eigenvalue weighted by Gasteiger charge is 2.30. The molecule has 2 amide bonds. The number of carbonyl (C=O) groups excluding carboxylic acids is 2. The molecule has 24 heavy (non-hydrogen) atoms. The lowest BCUT2D eigenvalue weighted by Gasteiger charge is -2.16. The summed E-state index contributed by atoms with van der Waals surface area (Å²) in [5.74, 6) is 0.257. The minimum absolute atomic E-state index is 0.116. The van der Waals surface area contributed by atoms with Crippen molar-refractivity contribution >= 4 is 23.4 Å². The number of nitrogens with zero attached hydrogens (tertiary/aromatic N) is 2. The van der Waals surface area contributed by atoms with Gasteiger partial charge in [0, 0.05) is 30.9 Å². The highest BCUT2D eigenvalue weighted by atomic mass is 35.5. The van der Waals surface area contributed by atoms with Gasteiger partial charge in [-0.2, -0.15) is 0 Å². The van der Waals surface area contributed by atoms with Gasteiger partial charge in [0.15, 0.2) is 0 Å². The smallest absolute Gasteiger partial charge is 0.253 e. The predicted octanol–water partition coefficient (Wildman–Crippen LogP) is 2.47. The van der Waals surface area contributed by atoms with Gasteiger partial charge >= 0.3 is 0 Å². The minimum Gasteiger partial charge on any atom is -0.439 e. The second kappa shape index (κ2) is 6.88. The van der Waals surface area contributed by atoms with Crippen LogP contribution in [0.15, 0.2) is 42.6 Å². The fourth-order valence-corrected chi connectivity index (χ4v) is 2.68. The molecule has 1 aliphatic heterocycles. The van der Waals surface area contributed by atoms with Crippen molar-refractivity contribution in [2.24, 2.45) is 11.7 Å². The number of rotatable bonds is 4. The molecule has 0 saturated carbocycles. The lowest BCUT2D eigenvalue weighted by molar-refractivity contribution is -0.121. The molecule has 2 aromatic rings. The van der Waals surface area contributed by atoms with Gasteiger partial charge in [-0.1, -0.05) is 11.6 Å². The molecule has 1 aromatic heterocycles. The summed E-state index contributed by atoms with van der Waals surface area (Å²) in [4.78, 5) is 29.3. The van der Waals surface area contributed by atoms with Crippen LogP contribution in [0.2, 0.25) is 5.02 Å². The molecule has 0 aliphatic carbocycles. The Kier molecular flexibility index (Phi) is 4.66. The summed E-state index contributed by atoms with van der Waals surface area (Å²) in [7, 11) is 0. The van der Waals surface area contributed by atoms with Crippen molar-refractivity contribution in [2.75, 3.05) is 13.1 Å². The molecule has 6 nitrogen and oxygen atoms in total. The van der Waals surface area contributed by atoms with Crippen LogP contribution in [0.4, 0.5) is 0 Å². The van der Waals surface area contributed by atoms with Crippen molar-refractivity contribution in [3.8, 4) is 11.6 Å². The van der Waals surface area contributed by atoms with Gasteiger partial charge < -0.3 is 15.4 Å². The van der Waals surface area contributed by atoms with Crippen LogP contribution >= 0.6 is 11.6 Å². The van der Waals surface area contributed by atoms with Gasteiger partial charge in [0.05, 0.1) is 10.9 Å². The zero-order valence-corrected chi connectivity index (χ0v) is 13.6. The number of ether oxygens (including phenoxy) is 1. The molecule has 2 heterocycles. The Morgan fingerprint density at radius 1 is 1.21 bits per heavy atom. The third kappa shape index (κ3) is 3.65. The molecule has 2 N–H and O–H groups in total. The van der Waals surface area contributed by atoms with Crippen LogP contribution < -0.4 is 10.5 Å². The second-order valence-corrected chi connectivity index (χ2v) is 6.02. The molecule has 0 spiro atoms. The maximum atomic E-state index is 12.4. The first-order chi connectivity index (χ1) is 11.5. The highest BCUT2D eigenvalue weighted by molar-refractivity contribution is 6.30. The molecule has 1 atom stereocenters. The van der Waals surface area contributed by atoms with Crippen molar-refractivity contribution in [2.45, 2.75) is 6.42 Å². The summed E-state index contributed by atoms with van der Waals surface area (Å²) in [5, 5.41) is 0.531. The fraction of sp³-hybridized carbons (Fsp3) is 0.235. The van der Waals surface area contributed by atoms with Gasteiger partial charge in [-0.15, -0.1) is 0 Å². The fourth-order valence-electron chi connectivity index (χ4n) is 2.57. The Bertz CT molecular complexity index is 747. The number of aromatic nitrogens is 1. The molecule has 0 unspecified atom stereocenters. The number of carbonyl (C=O) groups is 2. The first kappa shape index (κ1) is 16.3. The lowest BCUT2D eigenvalue weighted by atomic mass is 10.1. The largest absolute Gasteiger partial charge is 0.439 e. The van der Waals surface area contributed by atoms with E-state index in [2.05, 4.69) is 4.98 Å². The number of nitrogens with two attached hydrogens (primary N) is 1. The quantitative estimate of drug-likeness (QED) is 0.922. The molecule has 7 heteroatoms. The van der Waals surface area contributed by atoms with E-state index in [-0.39, 0.29) is 17.7 Å². The van der Waals surface area contributed by atoms with Gasteiger partial charge in [0.25, 0.3) is 5.91 Å². The van der Waals surface area contributed by atoms with E-state index in [9.17, 15) is 9.59 Å². The number of hydrogen-bond donors (Lipinski definition) is 1. The van der Waals surface area contributed by atoms with Crippen molar-refractivity contribution in [1.82, 2.24) is 9.88 Å². The summed E-state index contributed by atoms with van der Waals surface area (Å²) in [6, 6.07) is 10.1. The Labute approximate surface area is 144 Å². The second-order valence-electron chi connectivity index (χ2n) is 5.58. The van der Waals surface area contributed by atoms with E-state index >= 15 is 0 Å². The summed E-state index contributed by atoms with van der Waals surface area (Å²) < 4.78 is 5.59. The number of hydrogen-bond acceptors (Lipinski definition) is 4. The Morgan fingerprint density at radius 3 is 2.54 bits per heavy atom. The highest BCUT2D eigenvalue weighted by Crippen LogP contribution is 2.23. The van der Waals surface area contributed by atoms with Crippen LogP contribution in [0.25, 0.3) is 0 Å². The third-order valence-corrected chi connectivity index (χ3v) is 4.13. The van der Waals surface area contributed by atoms with E-state index in [4.69, 9.17) is 22.1 Å². The number of pyridine rings is 1. The van der Waals surface area contributed by atoms with Crippen LogP contribution in [0.3, 0.4) is 0 Å². The monoisotopic (exact) mass is 345 g/mol. The number of halogens is 1. The zero-order chi connectivity index (χ0) is 17.1. The van der Waals surface area contributed by atoms with Crippen LogP contribution in [-0.4, -0.2) is 34.8 Å². The first-order valence-electron chi connectivity index (χ1n) is 7.51. The van der Waals surface area contributed by atoms with E-state index in [0.29, 0.717) is 41.7 Å². The predicted molar refractivity (Wildman–Crippen MR) is 89.0 cm³/mol. The van der Waals surface area contributed by atoms with Crippen LogP contribution in [0, 0.1) is 5.92 Å². The normalized spacial score (nSPS) is 16.9. The topological polar surface area (TPSA) is 85.5 Å². The zero-order valence-electron chi connectivity index (χ0n) is 12.8. The van der Waals surface area contributed by atoms with Crippen LogP contribution in [0.5, 0.6) is 11.6 Å². The van der Waals surface area contributed by atoms with E-state index in [1.54, 1.807) is 41.3 Å². The van der Waals surface area contributed by atoms with Gasteiger partial charge in [-0.05, 0) is 36.8 Å². The average molecular weight is 346 g/mol. The SMILES string of the molecule is NC(=O)[C@H]1CCN(C(=O)c2ccc(Oc3ccc(Cl)cn3)cc2)C1. The molecule has 1 aliphatic rings. The van der Waals surface area contributed by atoms with Crippen molar-refractivity contribution < 1.29 is 14.3 Å².